The Labute approximate surface area is 298 Å². The number of thiophene rings is 1. The van der Waals surface area contributed by atoms with Crippen LogP contribution in [0.25, 0.3) is 98.4 Å². The summed E-state index contributed by atoms with van der Waals surface area (Å²) >= 11 is 1.84. The molecule has 0 saturated heterocycles. The van der Waals surface area contributed by atoms with Crippen molar-refractivity contribution in [3.63, 3.8) is 0 Å². The average Bonchev–Trinajstić information content (AvgIpc) is 3.59. The Morgan fingerprint density at radius 3 is 1.51 bits per heavy atom. The van der Waals surface area contributed by atoms with Gasteiger partial charge in [-0.3, -0.25) is 0 Å². The molecule has 5 heteroatoms. The van der Waals surface area contributed by atoms with Crippen LogP contribution in [0.1, 0.15) is 0 Å². The van der Waals surface area contributed by atoms with Crippen LogP contribution in [0.5, 0.6) is 0 Å². The molecule has 0 unspecified atom stereocenters. The molecule has 0 N–H and O–H groups in total. The van der Waals surface area contributed by atoms with Gasteiger partial charge in [0.25, 0.3) is 0 Å². The largest absolute Gasteiger partial charge is 0.247 e. The minimum absolute atomic E-state index is 0.641. The molecule has 0 fully saturated rings. The fraction of sp³-hybridized carbons (Fsp3) is 0. The number of hydrogen-bond donors (Lipinski definition) is 0. The molecule has 4 nitrogen and oxygen atoms in total. The normalized spacial score (nSPS) is 11.5. The number of pyridine rings is 1. The first-order valence-electron chi connectivity index (χ1n) is 17.0. The Hall–Kier alpha value is -6.56. The Bertz CT molecular complexity index is 2840. The van der Waals surface area contributed by atoms with E-state index in [0.717, 1.165) is 44.4 Å². The van der Waals surface area contributed by atoms with Crippen LogP contribution in [0.2, 0.25) is 0 Å². The van der Waals surface area contributed by atoms with Gasteiger partial charge in [-0.25, -0.2) is 19.9 Å². The maximum atomic E-state index is 5.28. The Kier molecular flexibility index (Phi) is 6.96. The minimum atomic E-state index is 0.641. The molecule has 0 bridgehead atoms. The van der Waals surface area contributed by atoms with Crippen molar-refractivity contribution in [2.75, 3.05) is 0 Å². The molecule has 238 valence electrons. The molecule has 0 aliphatic carbocycles. The van der Waals surface area contributed by atoms with E-state index < -0.39 is 0 Å². The summed E-state index contributed by atoms with van der Waals surface area (Å²) in [6, 6.07) is 59.2. The van der Waals surface area contributed by atoms with Gasteiger partial charge in [0.05, 0.1) is 11.2 Å². The number of aromatic nitrogens is 4. The van der Waals surface area contributed by atoms with Crippen molar-refractivity contribution in [3.05, 3.63) is 170 Å². The summed E-state index contributed by atoms with van der Waals surface area (Å²) in [6.07, 6.45) is 0. The first kappa shape index (κ1) is 29.4. The molecule has 0 saturated carbocycles. The van der Waals surface area contributed by atoms with Crippen molar-refractivity contribution in [2.24, 2.45) is 0 Å². The molecule has 0 atom stereocenters. The molecular weight excluding hydrogens is 641 g/mol. The third-order valence-corrected chi connectivity index (χ3v) is 10.7. The zero-order valence-electron chi connectivity index (χ0n) is 27.4. The van der Waals surface area contributed by atoms with Crippen LogP contribution in [-0.4, -0.2) is 19.9 Å². The molecule has 3 heterocycles. The molecule has 10 rings (SSSR count). The van der Waals surface area contributed by atoms with Gasteiger partial charge in [0, 0.05) is 58.8 Å². The van der Waals surface area contributed by atoms with E-state index in [0.29, 0.717) is 17.5 Å². The highest BCUT2D eigenvalue weighted by molar-refractivity contribution is 7.26. The topological polar surface area (TPSA) is 51.6 Å². The van der Waals surface area contributed by atoms with E-state index in [-0.39, 0.29) is 0 Å². The molecule has 0 spiro atoms. The van der Waals surface area contributed by atoms with Gasteiger partial charge in [-0.05, 0) is 35.2 Å². The number of fused-ring (bicyclic) bond motifs is 6. The van der Waals surface area contributed by atoms with Crippen LogP contribution in [0, 0.1) is 0 Å². The number of rotatable bonds is 5. The lowest BCUT2D eigenvalue weighted by Gasteiger charge is -2.13. The molecule has 0 aliphatic rings. The highest BCUT2D eigenvalue weighted by Gasteiger charge is 2.18. The maximum Gasteiger partial charge on any atom is 0.164 e. The second-order valence-electron chi connectivity index (χ2n) is 12.6. The molecule has 3 aromatic heterocycles. The van der Waals surface area contributed by atoms with E-state index in [4.69, 9.17) is 19.9 Å². The third kappa shape index (κ3) is 5.14. The van der Waals surface area contributed by atoms with E-state index in [1.165, 1.54) is 36.5 Å². The summed E-state index contributed by atoms with van der Waals surface area (Å²) in [7, 11) is 0. The number of nitrogens with zero attached hydrogens (tertiary/aromatic N) is 4. The van der Waals surface area contributed by atoms with E-state index in [1.807, 2.05) is 72.0 Å². The van der Waals surface area contributed by atoms with Crippen LogP contribution in [0.15, 0.2) is 170 Å². The first-order valence-corrected chi connectivity index (χ1v) is 17.8. The fourth-order valence-electron chi connectivity index (χ4n) is 7.04. The second-order valence-corrected chi connectivity index (χ2v) is 13.7. The lowest BCUT2D eigenvalue weighted by Crippen LogP contribution is -2.00. The van der Waals surface area contributed by atoms with Gasteiger partial charge in [0.1, 0.15) is 0 Å². The first-order chi connectivity index (χ1) is 25.3. The highest BCUT2D eigenvalue weighted by Crippen LogP contribution is 2.44. The lowest BCUT2D eigenvalue weighted by atomic mass is 9.94. The van der Waals surface area contributed by atoms with E-state index in [2.05, 4.69) is 109 Å². The summed E-state index contributed by atoms with van der Waals surface area (Å²) in [5, 5.41) is 6.02. The zero-order chi connectivity index (χ0) is 33.7. The second kappa shape index (κ2) is 12.1. The minimum Gasteiger partial charge on any atom is -0.247 e. The Morgan fingerprint density at radius 2 is 0.843 bits per heavy atom. The van der Waals surface area contributed by atoms with Crippen molar-refractivity contribution in [3.8, 4) is 56.5 Å². The van der Waals surface area contributed by atoms with Crippen molar-refractivity contribution < 1.29 is 0 Å². The third-order valence-electron chi connectivity index (χ3n) is 9.51. The molecular formula is C46H28N4S. The van der Waals surface area contributed by atoms with Gasteiger partial charge < -0.3 is 0 Å². The Morgan fingerprint density at radius 1 is 0.333 bits per heavy atom. The van der Waals surface area contributed by atoms with Crippen LogP contribution >= 0.6 is 11.3 Å². The van der Waals surface area contributed by atoms with Crippen LogP contribution in [0.4, 0.5) is 0 Å². The Balaban J connectivity index is 1.15. The molecule has 0 aliphatic heterocycles. The van der Waals surface area contributed by atoms with Gasteiger partial charge >= 0.3 is 0 Å². The van der Waals surface area contributed by atoms with E-state index in [1.54, 1.807) is 0 Å². The van der Waals surface area contributed by atoms with Crippen molar-refractivity contribution in [1.82, 2.24) is 19.9 Å². The standard InChI is InChI=1S/C46H28N4S/c1-3-13-30(14-4-1)44-48-45(31-15-5-2-6-16-31)50-46(49-44)32-25-23-29(24-26-32)38-27-33(28-39-36-19-10-12-22-41(36)51-43(38)39)42-37-20-8-7-17-34(37)35-18-9-11-21-40(35)47-42/h1-28H. The monoisotopic (exact) mass is 668 g/mol. The number of hydrogen-bond acceptors (Lipinski definition) is 5. The molecule has 7 aromatic carbocycles. The van der Waals surface area contributed by atoms with E-state index >= 15 is 0 Å². The van der Waals surface area contributed by atoms with Crippen LogP contribution in [0.3, 0.4) is 0 Å². The zero-order valence-corrected chi connectivity index (χ0v) is 28.2. The van der Waals surface area contributed by atoms with Gasteiger partial charge in [-0.2, -0.15) is 0 Å². The SMILES string of the molecule is c1ccc(-c2nc(-c3ccccc3)nc(-c3ccc(-c4cc(-c5nc6ccccc6c6ccccc56)cc5c4sc4ccccc45)cc3)n2)cc1. The molecule has 0 amide bonds. The van der Waals surface area contributed by atoms with Crippen molar-refractivity contribution in [2.45, 2.75) is 0 Å². The maximum absolute atomic E-state index is 5.28. The molecule has 0 radical (unpaired) electrons. The molecule has 10 aromatic rings. The van der Waals surface area contributed by atoms with Gasteiger partial charge in [0.2, 0.25) is 0 Å². The quantitative estimate of drug-likeness (QED) is 0.171. The van der Waals surface area contributed by atoms with Crippen molar-refractivity contribution in [1.29, 1.82) is 0 Å². The summed E-state index contributed by atoms with van der Waals surface area (Å²) in [4.78, 5) is 20.1. The fourth-order valence-corrected chi connectivity index (χ4v) is 8.26. The average molecular weight is 669 g/mol. The van der Waals surface area contributed by atoms with Crippen molar-refractivity contribution >= 4 is 53.2 Å². The summed E-state index contributed by atoms with van der Waals surface area (Å²) < 4.78 is 2.53. The van der Waals surface area contributed by atoms with Gasteiger partial charge in [0.15, 0.2) is 17.5 Å². The number of para-hydroxylation sites is 1. The van der Waals surface area contributed by atoms with Gasteiger partial charge in [-0.1, -0.05) is 146 Å². The smallest absolute Gasteiger partial charge is 0.164 e. The van der Waals surface area contributed by atoms with Gasteiger partial charge in [-0.15, -0.1) is 11.3 Å². The summed E-state index contributed by atoms with van der Waals surface area (Å²) in [5.74, 6) is 1.94. The van der Waals surface area contributed by atoms with Crippen LogP contribution in [-0.2, 0) is 0 Å². The predicted molar refractivity (Wildman–Crippen MR) is 213 cm³/mol. The van der Waals surface area contributed by atoms with Crippen LogP contribution < -0.4 is 0 Å². The van der Waals surface area contributed by atoms with E-state index in [9.17, 15) is 0 Å². The molecule has 51 heavy (non-hydrogen) atoms. The number of benzene rings is 7. The predicted octanol–water partition coefficient (Wildman–Crippen LogP) is 12.3. The summed E-state index contributed by atoms with van der Waals surface area (Å²) in [6.45, 7) is 0. The summed E-state index contributed by atoms with van der Waals surface area (Å²) in [5.41, 5.74) is 8.23. The highest BCUT2D eigenvalue weighted by atomic mass is 32.1. The lowest BCUT2D eigenvalue weighted by molar-refractivity contribution is 1.07.